The second-order valence-electron chi connectivity index (χ2n) is 7.93. The molecule has 0 aliphatic carbocycles. The third-order valence-corrected chi connectivity index (χ3v) is 5.79. The number of carbonyl (C=O) groups is 1. The number of hydrogen-bond donors (Lipinski definition) is 1. The number of carbonyl (C=O) groups excluding carboxylic acids is 1. The van der Waals surface area contributed by atoms with E-state index in [1.165, 1.54) is 36.7 Å². The van der Waals surface area contributed by atoms with E-state index in [0.29, 0.717) is 18.1 Å². The van der Waals surface area contributed by atoms with Crippen LogP contribution in [0.4, 0.5) is 19.1 Å². The highest BCUT2D eigenvalue weighted by molar-refractivity contribution is 5.94. The van der Waals surface area contributed by atoms with Crippen molar-refractivity contribution in [3.05, 3.63) is 47.8 Å². The van der Waals surface area contributed by atoms with E-state index in [2.05, 4.69) is 20.0 Å². The minimum Gasteiger partial charge on any atom is -0.406 e. The summed E-state index contributed by atoms with van der Waals surface area (Å²) in [6.07, 6.45) is 1.24. The summed E-state index contributed by atoms with van der Waals surface area (Å²) in [6, 6.07) is 5.53. The van der Waals surface area contributed by atoms with E-state index in [9.17, 15) is 18.0 Å². The molecule has 1 aromatic heterocycles. The van der Waals surface area contributed by atoms with Gasteiger partial charge in [-0.25, -0.2) is 9.97 Å². The predicted octanol–water partition coefficient (Wildman–Crippen LogP) is 3.63. The average Bonchev–Trinajstić information content (AvgIpc) is 3.16. The molecule has 10 heteroatoms. The van der Waals surface area contributed by atoms with Gasteiger partial charge in [-0.15, -0.1) is 13.2 Å². The third kappa shape index (κ3) is 5.43. The van der Waals surface area contributed by atoms with Gasteiger partial charge in [0.2, 0.25) is 5.95 Å². The third-order valence-electron chi connectivity index (χ3n) is 5.79. The molecule has 0 unspecified atom stereocenters. The normalized spacial score (nSPS) is 18.2. The van der Waals surface area contributed by atoms with E-state index in [4.69, 9.17) is 4.74 Å². The molecule has 3 heterocycles. The van der Waals surface area contributed by atoms with Gasteiger partial charge in [0.15, 0.2) is 0 Å². The maximum atomic E-state index is 12.8. The minimum absolute atomic E-state index is 0.0739. The van der Waals surface area contributed by atoms with Crippen molar-refractivity contribution >= 4 is 11.9 Å². The number of nitrogens with zero attached hydrogens (tertiary/aromatic N) is 3. The van der Waals surface area contributed by atoms with Gasteiger partial charge in [-0.1, -0.05) is 12.1 Å². The molecule has 7 nitrogen and oxygen atoms in total. The Labute approximate surface area is 177 Å². The van der Waals surface area contributed by atoms with Gasteiger partial charge in [0.1, 0.15) is 5.75 Å². The molecule has 1 aromatic carbocycles. The monoisotopic (exact) mass is 436 g/mol. The first-order valence-electron chi connectivity index (χ1n) is 10.1. The summed E-state index contributed by atoms with van der Waals surface area (Å²) in [5.41, 5.74) is 1.34. The molecule has 31 heavy (non-hydrogen) atoms. The quantitative estimate of drug-likeness (QED) is 0.772. The van der Waals surface area contributed by atoms with Crippen molar-refractivity contribution < 1.29 is 27.4 Å². The van der Waals surface area contributed by atoms with Crippen molar-refractivity contribution in [2.24, 2.45) is 5.41 Å². The van der Waals surface area contributed by atoms with Gasteiger partial charge in [-0.05, 0) is 42.4 Å². The number of anilines is 1. The molecule has 1 amide bonds. The predicted molar refractivity (Wildman–Crippen MR) is 105 cm³/mol. The molecule has 0 saturated carbocycles. The van der Waals surface area contributed by atoms with Crippen molar-refractivity contribution in [2.75, 3.05) is 31.6 Å². The van der Waals surface area contributed by atoms with Crippen molar-refractivity contribution in [3.8, 4) is 5.75 Å². The molecule has 2 aliphatic heterocycles. The number of amides is 1. The molecular formula is C21H23F3N4O3. The van der Waals surface area contributed by atoms with E-state index in [0.717, 1.165) is 51.1 Å². The van der Waals surface area contributed by atoms with Crippen LogP contribution in [0.1, 0.15) is 35.2 Å². The van der Waals surface area contributed by atoms with E-state index in [1.54, 1.807) is 0 Å². The van der Waals surface area contributed by atoms with Crippen LogP contribution in [-0.4, -0.2) is 53.4 Å². The van der Waals surface area contributed by atoms with E-state index >= 15 is 0 Å². The zero-order valence-electron chi connectivity index (χ0n) is 16.8. The fourth-order valence-corrected chi connectivity index (χ4v) is 4.02. The fourth-order valence-electron chi connectivity index (χ4n) is 4.02. The van der Waals surface area contributed by atoms with Crippen LogP contribution < -0.4 is 10.1 Å². The Hall–Kier alpha value is -2.88. The van der Waals surface area contributed by atoms with Crippen molar-refractivity contribution in [3.63, 3.8) is 0 Å². The summed E-state index contributed by atoms with van der Waals surface area (Å²) in [6.45, 7) is 3.29. The Morgan fingerprint density at radius 3 is 2.45 bits per heavy atom. The Morgan fingerprint density at radius 1 is 1.13 bits per heavy atom. The highest BCUT2D eigenvalue weighted by Gasteiger charge is 2.41. The molecule has 2 aliphatic rings. The maximum Gasteiger partial charge on any atom is 0.573 e. The van der Waals surface area contributed by atoms with Crippen molar-refractivity contribution in [1.29, 1.82) is 0 Å². The number of hydrogen-bond acceptors (Lipinski definition) is 6. The first-order valence-corrected chi connectivity index (χ1v) is 10.1. The molecule has 2 saturated heterocycles. The molecule has 0 atom stereocenters. The number of ether oxygens (including phenoxy) is 2. The Kier molecular flexibility index (Phi) is 5.99. The van der Waals surface area contributed by atoms with Crippen LogP contribution in [0, 0.1) is 5.41 Å². The first-order chi connectivity index (χ1) is 14.8. The second-order valence-corrected chi connectivity index (χ2v) is 7.93. The van der Waals surface area contributed by atoms with Crippen LogP contribution in [0.15, 0.2) is 36.7 Å². The number of benzene rings is 1. The second kappa shape index (κ2) is 8.70. The topological polar surface area (TPSA) is 76.6 Å². The lowest BCUT2D eigenvalue weighted by Crippen LogP contribution is -2.35. The Morgan fingerprint density at radius 2 is 1.81 bits per heavy atom. The van der Waals surface area contributed by atoms with Crippen LogP contribution in [0.3, 0.4) is 0 Å². The fraction of sp³-hybridized carbons (Fsp3) is 0.476. The number of halogens is 3. The smallest absolute Gasteiger partial charge is 0.406 e. The van der Waals surface area contributed by atoms with E-state index < -0.39 is 6.36 Å². The standard InChI is InChI=1S/C21H23F3N4O3/c22-21(23,24)31-17-3-1-15(2-4-17)11-25-19-26-12-16(13-27-19)18(29)28-8-5-20(14-28)6-9-30-10-7-20/h1-4,12-13H,5-11,14H2,(H,25,26,27). The largest absolute Gasteiger partial charge is 0.573 e. The summed E-state index contributed by atoms with van der Waals surface area (Å²) in [7, 11) is 0. The molecule has 0 radical (unpaired) electrons. The number of aromatic nitrogens is 2. The van der Waals surface area contributed by atoms with Gasteiger partial charge in [-0.3, -0.25) is 4.79 Å². The zero-order valence-corrected chi connectivity index (χ0v) is 16.8. The molecule has 0 bridgehead atoms. The van der Waals surface area contributed by atoms with Gasteiger partial charge in [0.05, 0.1) is 5.56 Å². The average molecular weight is 436 g/mol. The highest BCUT2D eigenvalue weighted by Crippen LogP contribution is 2.40. The van der Waals surface area contributed by atoms with E-state index in [-0.39, 0.29) is 17.1 Å². The maximum absolute atomic E-state index is 12.8. The number of likely N-dealkylation sites (tertiary alicyclic amines) is 1. The van der Waals surface area contributed by atoms with Crippen LogP contribution in [0.25, 0.3) is 0 Å². The summed E-state index contributed by atoms with van der Waals surface area (Å²) in [5.74, 6) is -0.0236. The minimum atomic E-state index is -4.72. The summed E-state index contributed by atoms with van der Waals surface area (Å²) in [4.78, 5) is 23.0. The molecule has 1 N–H and O–H groups in total. The molecule has 1 spiro atoms. The lowest BCUT2D eigenvalue weighted by Gasteiger charge is -2.33. The SMILES string of the molecule is O=C(c1cnc(NCc2ccc(OC(F)(F)F)cc2)nc1)N1CCC2(CCOCC2)C1. The summed E-state index contributed by atoms with van der Waals surface area (Å²) in [5, 5.41) is 2.99. The molecule has 2 fully saturated rings. The molecular weight excluding hydrogens is 413 g/mol. The van der Waals surface area contributed by atoms with Gasteiger partial charge < -0.3 is 19.7 Å². The first kappa shape index (κ1) is 21.4. The van der Waals surface area contributed by atoms with Gasteiger partial charge >= 0.3 is 6.36 Å². The lowest BCUT2D eigenvalue weighted by atomic mass is 9.80. The Balaban J connectivity index is 1.30. The van der Waals surface area contributed by atoms with Crippen LogP contribution >= 0.6 is 0 Å². The van der Waals surface area contributed by atoms with Crippen molar-refractivity contribution in [1.82, 2.24) is 14.9 Å². The lowest BCUT2D eigenvalue weighted by molar-refractivity contribution is -0.274. The zero-order chi connectivity index (χ0) is 21.9. The van der Waals surface area contributed by atoms with Crippen molar-refractivity contribution in [2.45, 2.75) is 32.2 Å². The van der Waals surface area contributed by atoms with E-state index in [1.807, 2.05) is 4.90 Å². The van der Waals surface area contributed by atoms with Gasteiger partial charge in [0, 0.05) is 45.2 Å². The Bertz CT molecular complexity index is 898. The number of rotatable bonds is 5. The molecule has 2 aromatic rings. The molecule has 4 rings (SSSR count). The summed E-state index contributed by atoms with van der Waals surface area (Å²) >= 11 is 0. The summed E-state index contributed by atoms with van der Waals surface area (Å²) < 4.78 is 45.9. The van der Waals surface area contributed by atoms with Crippen LogP contribution in [-0.2, 0) is 11.3 Å². The van der Waals surface area contributed by atoms with Gasteiger partial charge in [0.25, 0.3) is 5.91 Å². The number of nitrogens with one attached hydrogen (secondary N) is 1. The van der Waals surface area contributed by atoms with Crippen LogP contribution in [0.2, 0.25) is 0 Å². The highest BCUT2D eigenvalue weighted by atomic mass is 19.4. The van der Waals surface area contributed by atoms with Gasteiger partial charge in [-0.2, -0.15) is 0 Å². The number of alkyl halides is 3. The molecule has 166 valence electrons. The van der Waals surface area contributed by atoms with Crippen LogP contribution in [0.5, 0.6) is 5.75 Å².